The van der Waals surface area contributed by atoms with E-state index in [2.05, 4.69) is 38.1 Å². The highest BCUT2D eigenvalue weighted by atomic mass is 19.3. The molecule has 0 radical (unpaired) electrons. The number of amidine groups is 1. The van der Waals surface area contributed by atoms with Crippen LogP contribution in [0.25, 0.3) is 0 Å². The molecule has 5 aliphatic heterocycles. The lowest BCUT2D eigenvalue weighted by Crippen LogP contribution is -2.61. The SMILES string of the molecule is C=C(C(F)F)[C@]1(C)[C@@H](C2CC=NN2CC(=O)NCCCNc2cccc3c2C(=O)N(C(CCC)C(=O)N=O)C3=O)CCCCN1C(=N)C1=C(NC2CCOCC2)CCN(C(=O)NC)C1. The quantitative estimate of drug-likeness (QED) is 0.0367. The third-order valence-electron chi connectivity index (χ3n) is 13.3. The molecule has 64 heavy (non-hydrogen) atoms. The number of rotatable bonds is 17. The number of halogens is 2. The Bertz CT molecular complexity index is 2040. The van der Waals surface area contributed by atoms with E-state index < -0.39 is 47.7 Å². The van der Waals surface area contributed by atoms with Gasteiger partial charge in [-0.05, 0) is 57.6 Å². The van der Waals surface area contributed by atoms with Crippen LogP contribution in [-0.4, -0.2) is 151 Å². The first-order chi connectivity index (χ1) is 30.8. The van der Waals surface area contributed by atoms with Crippen LogP contribution in [0.2, 0.25) is 0 Å². The van der Waals surface area contributed by atoms with Crippen LogP contribution in [0.15, 0.2) is 51.9 Å². The molecular formula is C44H61F2N11O7. The summed E-state index contributed by atoms with van der Waals surface area (Å²) in [6, 6.07) is 2.80. The predicted octanol–water partition coefficient (Wildman–Crippen LogP) is 4.45. The Morgan fingerprint density at radius 1 is 1.09 bits per heavy atom. The number of likely N-dealkylation sites (tertiary alicyclic amines) is 1. The fourth-order valence-corrected chi connectivity index (χ4v) is 9.78. The van der Waals surface area contributed by atoms with Gasteiger partial charge in [0.2, 0.25) is 5.91 Å². The van der Waals surface area contributed by atoms with Crippen LogP contribution in [0, 0.1) is 16.2 Å². The summed E-state index contributed by atoms with van der Waals surface area (Å²) in [5.74, 6) is -3.24. The highest BCUT2D eigenvalue weighted by molar-refractivity contribution is 6.25. The maximum absolute atomic E-state index is 15.1. The van der Waals surface area contributed by atoms with Gasteiger partial charge in [-0.1, -0.05) is 32.4 Å². The minimum absolute atomic E-state index is 0.0657. The van der Waals surface area contributed by atoms with Crippen molar-refractivity contribution in [2.24, 2.45) is 16.2 Å². The van der Waals surface area contributed by atoms with Crippen LogP contribution in [0.1, 0.15) is 98.8 Å². The first-order valence-electron chi connectivity index (χ1n) is 22.3. The Morgan fingerprint density at radius 2 is 1.86 bits per heavy atom. The molecule has 20 heteroatoms. The molecular weight excluding hydrogens is 833 g/mol. The van der Waals surface area contributed by atoms with E-state index in [1.807, 2.05) is 0 Å². The average Bonchev–Trinajstić information content (AvgIpc) is 3.79. The fraction of sp³-hybridized carbons (Fsp3) is 0.614. The summed E-state index contributed by atoms with van der Waals surface area (Å²) in [6.45, 7) is 9.94. The fourth-order valence-electron chi connectivity index (χ4n) is 9.78. The Labute approximate surface area is 372 Å². The van der Waals surface area contributed by atoms with Crippen molar-refractivity contribution in [3.05, 3.63) is 57.7 Å². The van der Waals surface area contributed by atoms with Crippen molar-refractivity contribution in [1.29, 1.82) is 5.41 Å². The summed E-state index contributed by atoms with van der Waals surface area (Å²) in [7, 11) is 1.55. The maximum Gasteiger partial charge on any atom is 0.317 e. The molecule has 5 N–H and O–H groups in total. The normalized spacial score (nSPS) is 23.2. The van der Waals surface area contributed by atoms with E-state index in [-0.39, 0.29) is 66.6 Å². The topological polar surface area (TPSA) is 221 Å². The molecule has 2 saturated heterocycles. The van der Waals surface area contributed by atoms with Crippen molar-refractivity contribution in [2.45, 2.75) is 108 Å². The van der Waals surface area contributed by atoms with Gasteiger partial charge in [0, 0.05) is 105 Å². The first kappa shape index (κ1) is 47.7. The molecule has 0 bridgehead atoms. The van der Waals surface area contributed by atoms with Crippen molar-refractivity contribution in [1.82, 2.24) is 35.7 Å². The van der Waals surface area contributed by atoms with Gasteiger partial charge < -0.3 is 35.8 Å². The Balaban J connectivity index is 1.13. The van der Waals surface area contributed by atoms with Gasteiger partial charge in [0.05, 0.1) is 29.3 Å². The first-order valence-corrected chi connectivity index (χ1v) is 22.3. The van der Waals surface area contributed by atoms with E-state index in [9.17, 15) is 34.3 Å². The number of urea groups is 1. The molecule has 348 valence electrons. The molecule has 0 aromatic heterocycles. The highest BCUT2D eigenvalue weighted by Gasteiger charge is 2.52. The summed E-state index contributed by atoms with van der Waals surface area (Å²) in [6.07, 6.45) is 4.05. The second-order valence-corrected chi connectivity index (χ2v) is 17.1. The van der Waals surface area contributed by atoms with Crippen LogP contribution in [0.3, 0.4) is 0 Å². The third-order valence-corrected chi connectivity index (χ3v) is 13.3. The summed E-state index contributed by atoms with van der Waals surface area (Å²) in [4.78, 5) is 80.5. The van der Waals surface area contributed by atoms with Crippen LogP contribution in [0.4, 0.5) is 19.3 Å². The number of nitroso groups, excluding NO2 is 1. The summed E-state index contributed by atoms with van der Waals surface area (Å²) >= 11 is 0. The van der Waals surface area contributed by atoms with Crippen LogP contribution < -0.4 is 21.3 Å². The van der Waals surface area contributed by atoms with Crippen molar-refractivity contribution in [2.75, 3.05) is 64.8 Å². The van der Waals surface area contributed by atoms with E-state index in [4.69, 9.17) is 4.74 Å². The molecule has 18 nitrogen and oxygen atoms in total. The zero-order valence-corrected chi connectivity index (χ0v) is 36.9. The lowest BCUT2D eigenvalue weighted by molar-refractivity contribution is -0.123. The Kier molecular flexibility index (Phi) is 15.8. The van der Waals surface area contributed by atoms with Gasteiger partial charge in [-0.3, -0.25) is 34.5 Å². The molecule has 4 atom stereocenters. The van der Waals surface area contributed by atoms with E-state index >= 15 is 8.78 Å². The number of hydrazone groups is 1. The lowest BCUT2D eigenvalue weighted by atomic mass is 9.71. The zero-order valence-electron chi connectivity index (χ0n) is 36.9. The summed E-state index contributed by atoms with van der Waals surface area (Å²) in [5, 5.41) is 30.8. The number of carbonyl (C=O) groups excluding carboxylic acids is 5. The number of benzene rings is 1. The molecule has 0 aliphatic carbocycles. The minimum atomic E-state index is -2.90. The monoisotopic (exact) mass is 893 g/mol. The van der Waals surface area contributed by atoms with Gasteiger partial charge >= 0.3 is 11.9 Å². The number of hydrogen-bond acceptors (Lipinski definition) is 12. The summed E-state index contributed by atoms with van der Waals surface area (Å²) in [5.41, 5.74) is 0.229. The maximum atomic E-state index is 15.1. The van der Waals surface area contributed by atoms with E-state index in [0.29, 0.717) is 89.1 Å². The average molecular weight is 894 g/mol. The minimum Gasteiger partial charge on any atom is -0.385 e. The molecule has 0 spiro atoms. The summed E-state index contributed by atoms with van der Waals surface area (Å²) < 4.78 is 35.8. The molecule has 6 amide bonds. The zero-order chi connectivity index (χ0) is 46.1. The van der Waals surface area contributed by atoms with Gasteiger partial charge in [-0.15, -0.1) is 4.91 Å². The molecule has 0 saturated carbocycles. The number of imide groups is 1. The van der Waals surface area contributed by atoms with Crippen LogP contribution in [0.5, 0.6) is 0 Å². The molecule has 2 fully saturated rings. The number of nitrogens with one attached hydrogen (secondary N) is 5. The van der Waals surface area contributed by atoms with Crippen molar-refractivity contribution in [3.63, 3.8) is 0 Å². The van der Waals surface area contributed by atoms with E-state index in [1.54, 1.807) is 54.1 Å². The number of alkyl halides is 2. The van der Waals surface area contributed by atoms with Crippen molar-refractivity contribution >= 4 is 47.4 Å². The lowest BCUT2D eigenvalue weighted by Gasteiger charge is -2.51. The number of carbonyl (C=O) groups is 5. The standard InChI is InChI=1S/C44H61F2N11O7/c1-5-10-35(40(59)53-63)57-41(60)29-11-8-13-33(37(29)42(57)61)49-18-9-19-50-36(58)26-56-34(14-20-51-56)31-12-6-7-21-55(44(31,3)27(2)38(45)46)39(47)30-25-54(43(62)48-4)22-15-32(30)52-28-16-23-64-24-17-28/h8,11,13,20,28,31,34-35,38,47,49,52H,2,5-7,9-10,12,14-19,21-26H2,1,3-4H3,(H,48,62)(H,50,58)/t31-,34?,35?,44-/m1/s1. The molecule has 2 unspecified atom stereocenters. The van der Waals surface area contributed by atoms with Crippen LogP contribution in [-0.2, 0) is 14.3 Å². The molecule has 5 aliphatic rings. The number of fused-ring (bicyclic) bond motifs is 1. The Hall–Kier alpha value is -5.79. The van der Waals surface area contributed by atoms with E-state index in [1.165, 1.54) is 6.07 Å². The van der Waals surface area contributed by atoms with Crippen molar-refractivity contribution < 1.29 is 37.5 Å². The third kappa shape index (κ3) is 9.95. The van der Waals surface area contributed by atoms with Gasteiger partial charge in [0.25, 0.3) is 18.2 Å². The van der Waals surface area contributed by atoms with Gasteiger partial charge in [0.15, 0.2) is 0 Å². The van der Waals surface area contributed by atoms with Gasteiger partial charge in [0.1, 0.15) is 18.4 Å². The number of nitrogens with zero attached hydrogens (tertiary/aromatic N) is 6. The molecule has 6 rings (SSSR count). The van der Waals surface area contributed by atoms with Gasteiger partial charge in [-0.25, -0.2) is 13.6 Å². The number of amides is 6. The second-order valence-electron chi connectivity index (χ2n) is 17.1. The number of ether oxygens (including phenoxy) is 1. The van der Waals surface area contributed by atoms with Crippen molar-refractivity contribution in [3.8, 4) is 0 Å². The highest BCUT2D eigenvalue weighted by Crippen LogP contribution is 2.45. The van der Waals surface area contributed by atoms with Gasteiger partial charge in [-0.2, -0.15) is 5.10 Å². The number of anilines is 1. The van der Waals surface area contributed by atoms with E-state index in [0.717, 1.165) is 23.4 Å². The smallest absolute Gasteiger partial charge is 0.317 e. The van der Waals surface area contributed by atoms with Crippen LogP contribution >= 0.6 is 0 Å². The molecule has 1 aromatic rings. The largest absolute Gasteiger partial charge is 0.385 e. The second kappa shape index (κ2) is 21.3. The number of hydrogen-bond donors (Lipinski definition) is 5. The Morgan fingerprint density at radius 3 is 2.56 bits per heavy atom. The predicted molar refractivity (Wildman–Crippen MR) is 236 cm³/mol. The molecule has 1 aromatic carbocycles. The molecule has 5 heterocycles.